The van der Waals surface area contributed by atoms with E-state index in [2.05, 4.69) is 5.32 Å². The lowest BCUT2D eigenvalue weighted by Crippen LogP contribution is -2.48. The van der Waals surface area contributed by atoms with E-state index in [9.17, 15) is 13.2 Å². The molecule has 0 aromatic heterocycles. The monoisotopic (exact) mass is 456 g/mol. The third-order valence-corrected chi connectivity index (χ3v) is 5.66. The highest BCUT2D eigenvalue weighted by atomic mass is 35.5. The normalized spacial score (nSPS) is 12.0. The van der Waals surface area contributed by atoms with Crippen LogP contribution in [0.2, 0.25) is 5.02 Å². The molecule has 0 spiro atoms. The van der Waals surface area contributed by atoms with Crippen molar-refractivity contribution in [1.82, 2.24) is 5.32 Å². The number of benzene rings is 2. The van der Waals surface area contributed by atoms with Gasteiger partial charge in [-0.25, -0.2) is 8.42 Å². The largest absolute Gasteiger partial charge is 0.495 e. The summed E-state index contributed by atoms with van der Waals surface area (Å²) in [6.07, 6.45) is 1.02. The van der Waals surface area contributed by atoms with E-state index in [1.54, 1.807) is 30.3 Å². The van der Waals surface area contributed by atoms with Crippen molar-refractivity contribution in [3.05, 3.63) is 47.5 Å². The van der Waals surface area contributed by atoms with Crippen molar-refractivity contribution in [2.75, 3.05) is 37.9 Å². The Morgan fingerprint density at radius 1 is 1.10 bits per heavy atom. The summed E-state index contributed by atoms with van der Waals surface area (Å²) in [5.74, 6) is 0.910. The zero-order valence-corrected chi connectivity index (χ0v) is 18.8. The van der Waals surface area contributed by atoms with Crippen molar-refractivity contribution in [3.8, 4) is 17.2 Å². The molecular formula is C20H25ClN2O6S. The lowest BCUT2D eigenvalue weighted by molar-refractivity contribution is -0.121. The first kappa shape index (κ1) is 23.6. The molecule has 0 radical (unpaired) electrons. The number of rotatable bonds is 10. The second kappa shape index (κ2) is 10.4. The Bertz CT molecular complexity index is 983. The molecule has 1 amide bonds. The number of carbonyl (C=O) groups excluding carboxylic acids is 1. The van der Waals surface area contributed by atoms with Gasteiger partial charge in [0.1, 0.15) is 18.4 Å². The van der Waals surface area contributed by atoms with Gasteiger partial charge in [0.25, 0.3) is 0 Å². The van der Waals surface area contributed by atoms with Gasteiger partial charge in [0, 0.05) is 5.02 Å². The molecule has 30 heavy (non-hydrogen) atoms. The van der Waals surface area contributed by atoms with Gasteiger partial charge in [0.15, 0.2) is 11.5 Å². The number of hydrogen-bond donors (Lipinski definition) is 1. The minimum Gasteiger partial charge on any atom is -0.495 e. The highest BCUT2D eigenvalue weighted by Gasteiger charge is 2.31. The van der Waals surface area contributed by atoms with Crippen LogP contribution in [0.1, 0.15) is 6.92 Å². The number of anilines is 1. The predicted octanol–water partition coefficient (Wildman–Crippen LogP) is 2.71. The van der Waals surface area contributed by atoms with Crippen LogP contribution in [0.3, 0.4) is 0 Å². The van der Waals surface area contributed by atoms with Crippen molar-refractivity contribution in [2.24, 2.45) is 0 Å². The quantitative estimate of drug-likeness (QED) is 0.552. The molecule has 8 nitrogen and oxygen atoms in total. The van der Waals surface area contributed by atoms with Gasteiger partial charge in [-0.3, -0.25) is 9.10 Å². The summed E-state index contributed by atoms with van der Waals surface area (Å²) in [5, 5.41) is 3.00. The molecule has 0 saturated heterocycles. The van der Waals surface area contributed by atoms with E-state index in [4.69, 9.17) is 25.8 Å². The molecule has 1 N–H and O–H groups in total. The molecule has 2 aromatic carbocycles. The third-order valence-electron chi connectivity index (χ3n) is 4.19. The molecule has 2 rings (SSSR count). The summed E-state index contributed by atoms with van der Waals surface area (Å²) >= 11 is 6.03. The van der Waals surface area contributed by atoms with Crippen LogP contribution >= 0.6 is 11.6 Å². The van der Waals surface area contributed by atoms with E-state index in [0.717, 1.165) is 10.6 Å². The average Bonchev–Trinajstić information content (AvgIpc) is 2.70. The molecule has 10 heteroatoms. The zero-order chi connectivity index (χ0) is 22.3. The third kappa shape index (κ3) is 5.93. The molecule has 0 aliphatic carbocycles. The lowest BCUT2D eigenvalue weighted by Gasteiger charge is -2.29. The van der Waals surface area contributed by atoms with Gasteiger partial charge < -0.3 is 19.5 Å². The number of sulfonamides is 1. The second-order valence-corrected chi connectivity index (χ2v) is 8.64. The van der Waals surface area contributed by atoms with Crippen LogP contribution in [0.4, 0.5) is 5.69 Å². The van der Waals surface area contributed by atoms with Crippen LogP contribution in [-0.2, 0) is 14.8 Å². The van der Waals surface area contributed by atoms with Crippen molar-refractivity contribution < 1.29 is 27.4 Å². The molecule has 0 aliphatic rings. The maximum atomic E-state index is 12.7. The van der Waals surface area contributed by atoms with Gasteiger partial charge in [-0.1, -0.05) is 23.7 Å². The highest BCUT2D eigenvalue weighted by molar-refractivity contribution is 7.92. The van der Waals surface area contributed by atoms with Crippen LogP contribution in [-0.4, -0.2) is 54.0 Å². The summed E-state index contributed by atoms with van der Waals surface area (Å²) in [6.45, 7) is 1.83. The van der Waals surface area contributed by atoms with E-state index in [1.807, 2.05) is 6.07 Å². The Labute approximate surface area is 181 Å². The van der Waals surface area contributed by atoms with Gasteiger partial charge in [0.2, 0.25) is 15.9 Å². The molecule has 0 unspecified atom stereocenters. The van der Waals surface area contributed by atoms with E-state index in [0.29, 0.717) is 16.5 Å². The average molecular weight is 457 g/mol. The molecular weight excluding hydrogens is 432 g/mol. The minimum absolute atomic E-state index is 0.172. The zero-order valence-electron chi connectivity index (χ0n) is 17.2. The topological polar surface area (TPSA) is 94.2 Å². The van der Waals surface area contributed by atoms with E-state index in [1.165, 1.54) is 27.2 Å². The van der Waals surface area contributed by atoms with Crippen LogP contribution in [0.5, 0.6) is 17.2 Å². The molecule has 0 saturated carbocycles. The fourth-order valence-electron chi connectivity index (χ4n) is 2.84. The van der Waals surface area contributed by atoms with Gasteiger partial charge in [-0.05, 0) is 37.3 Å². The summed E-state index contributed by atoms with van der Waals surface area (Å²) in [5.41, 5.74) is 0.181. The molecule has 2 aromatic rings. The Balaban J connectivity index is 2.09. The summed E-state index contributed by atoms with van der Waals surface area (Å²) in [7, 11) is -0.861. The first-order valence-corrected chi connectivity index (χ1v) is 11.3. The number of halogens is 1. The van der Waals surface area contributed by atoms with E-state index >= 15 is 0 Å². The van der Waals surface area contributed by atoms with Gasteiger partial charge in [-0.2, -0.15) is 0 Å². The van der Waals surface area contributed by atoms with Crippen molar-refractivity contribution in [1.29, 1.82) is 0 Å². The molecule has 0 heterocycles. The van der Waals surface area contributed by atoms with Gasteiger partial charge in [-0.15, -0.1) is 0 Å². The first-order valence-electron chi connectivity index (χ1n) is 9.05. The summed E-state index contributed by atoms with van der Waals surface area (Å²) in [6, 6.07) is 10.7. The maximum Gasteiger partial charge on any atom is 0.243 e. The highest BCUT2D eigenvalue weighted by Crippen LogP contribution is 2.34. The number of carbonyl (C=O) groups is 1. The second-order valence-electron chi connectivity index (χ2n) is 6.34. The molecule has 0 aliphatic heterocycles. The molecule has 164 valence electrons. The number of nitrogens with one attached hydrogen (secondary N) is 1. The number of para-hydroxylation sites is 2. The molecule has 1 atom stereocenters. The maximum absolute atomic E-state index is 12.7. The van der Waals surface area contributed by atoms with Crippen LogP contribution < -0.4 is 23.8 Å². The smallest absolute Gasteiger partial charge is 0.243 e. The van der Waals surface area contributed by atoms with E-state index < -0.39 is 22.0 Å². The molecule has 0 fully saturated rings. The Kier molecular flexibility index (Phi) is 8.19. The first-order chi connectivity index (χ1) is 14.2. The minimum atomic E-state index is -3.81. The van der Waals surface area contributed by atoms with Crippen molar-refractivity contribution in [3.63, 3.8) is 0 Å². The van der Waals surface area contributed by atoms with Crippen LogP contribution in [0, 0.1) is 0 Å². The van der Waals surface area contributed by atoms with Crippen LogP contribution in [0.15, 0.2) is 42.5 Å². The lowest BCUT2D eigenvalue weighted by atomic mass is 10.2. The number of methoxy groups -OCH3 is 2. The van der Waals surface area contributed by atoms with Crippen molar-refractivity contribution in [2.45, 2.75) is 13.0 Å². The fourth-order valence-corrected chi connectivity index (χ4v) is 4.17. The number of hydrogen-bond acceptors (Lipinski definition) is 6. The summed E-state index contributed by atoms with van der Waals surface area (Å²) in [4.78, 5) is 12.7. The number of amides is 1. The Hall–Kier alpha value is -2.65. The SMILES string of the molecule is COc1ccccc1OCCNC(=O)[C@H](C)N(c1cc(Cl)ccc1OC)S(C)(=O)=O. The van der Waals surface area contributed by atoms with Gasteiger partial charge >= 0.3 is 0 Å². The summed E-state index contributed by atoms with van der Waals surface area (Å²) < 4.78 is 41.9. The Morgan fingerprint density at radius 3 is 2.33 bits per heavy atom. The number of nitrogens with zero attached hydrogens (tertiary/aromatic N) is 1. The number of ether oxygens (including phenoxy) is 3. The van der Waals surface area contributed by atoms with Crippen LogP contribution in [0.25, 0.3) is 0 Å². The molecule has 0 bridgehead atoms. The fraction of sp³-hybridized carbons (Fsp3) is 0.350. The predicted molar refractivity (Wildman–Crippen MR) is 116 cm³/mol. The van der Waals surface area contributed by atoms with Gasteiger partial charge in [0.05, 0.1) is 32.7 Å². The van der Waals surface area contributed by atoms with E-state index in [-0.39, 0.29) is 24.6 Å². The van der Waals surface area contributed by atoms with Crippen molar-refractivity contribution >= 4 is 33.2 Å². The standard InChI is InChI=1S/C20H25ClN2O6S/c1-14(20(24)22-11-12-29-19-8-6-5-7-18(19)28-3)23(30(4,25)26)16-13-15(21)9-10-17(16)27-2/h5-10,13-14H,11-12H2,1-4H3,(H,22,24)/t14-/m0/s1. The Morgan fingerprint density at radius 2 is 1.73 bits per heavy atom.